The molecule has 4 rings (SSSR count). The van der Waals surface area contributed by atoms with E-state index < -0.39 is 82.5 Å². The Hall–Kier alpha value is -2.95. The van der Waals surface area contributed by atoms with Gasteiger partial charge in [-0.25, -0.2) is 0 Å². The lowest BCUT2D eigenvalue weighted by molar-refractivity contribution is -0.209. The molecule has 0 bridgehead atoms. The number of rotatable bonds is 1. The Morgan fingerprint density at radius 3 is 2.43 bits per heavy atom. The summed E-state index contributed by atoms with van der Waals surface area (Å²) >= 11 is 0. The largest absolute Gasteiger partial charge is 0.508 e. The van der Waals surface area contributed by atoms with Crippen LogP contribution in [0.15, 0.2) is 23.5 Å². The molecule has 10 heteroatoms. The Morgan fingerprint density at radius 1 is 1.20 bits per heavy atom. The highest BCUT2D eigenvalue weighted by molar-refractivity contribution is 6.20. The molecule has 30 heavy (non-hydrogen) atoms. The van der Waals surface area contributed by atoms with Gasteiger partial charge in [-0.1, -0.05) is 13.0 Å². The number of amides is 1. The zero-order valence-corrected chi connectivity index (χ0v) is 15.9. The van der Waals surface area contributed by atoms with Gasteiger partial charge in [-0.2, -0.15) is 0 Å². The Morgan fingerprint density at radius 2 is 1.83 bits per heavy atom. The lowest BCUT2D eigenvalue weighted by Crippen LogP contribution is -2.69. The molecule has 0 radical (unpaired) electrons. The first kappa shape index (κ1) is 20.3. The Labute approximate surface area is 170 Å². The third kappa shape index (κ3) is 2.26. The van der Waals surface area contributed by atoms with Crippen LogP contribution in [-0.2, 0) is 9.59 Å². The highest BCUT2D eigenvalue weighted by Crippen LogP contribution is 2.56. The average molecular weight is 418 g/mol. The highest BCUT2D eigenvalue weighted by atomic mass is 16.4. The summed E-state index contributed by atoms with van der Waals surface area (Å²) in [5, 5.41) is 54.3. The summed E-state index contributed by atoms with van der Waals surface area (Å²) < 4.78 is 0. The summed E-state index contributed by atoms with van der Waals surface area (Å²) in [5.41, 5.74) is 7.53. The summed E-state index contributed by atoms with van der Waals surface area (Å²) in [6.45, 7) is 1.67. The van der Waals surface area contributed by atoms with Gasteiger partial charge < -0.3 is 37.0 Å². The number of aromatic hydroxyl groups is 1. The van der Waals surface area contributed by atoms with Crippen LogP contribution in [0.25, 0.3) is 0 Å². The number of nitrogens with two attached hydrogens (primary N) is 2. The normalized spacial score (nSPS) is 38.0. The second kappa shape index (κ2) is 6.27. The molecule has 1 saturated carbocycles. The van der Waals surface area contributed by atoms with Gasteiger partial charge in [0.25, 0.3) is 5.91 Å². The van der Waals surface area contributed by atoms with Gasteiger partial charge in [0.1, 0.15) is 23.2 Å². The number of phenols is 1. The van der Waals surface area contributed by atoms with Gasteiger partial charge in [0.2, 0.25) is 0 Å². The molecule has 0 saturated heterocycles. The minimum absolute atomic E-state index is 0.0581. The molecule has 1 aromatic carbocycles. The van der Waals surface area contributed by atoms with Gasteiger partial charge >= 0.3 is 0 Å². The van der Waals surface area contributed by atoms with Crippen LogP contribution in [0.4, 0.5) is 5.69 Å². The molecular formula is C20H22N2O8. The van der Waals surface area contributed by atoms with Gasteiger partial charge in [0.05, 0.1) is 23.3 Å². The number of Topliss-reactive ketones (excluding diaryl/α,β-unsaturated/α-hetero) is 2. The summed E-state index contributed by atoms with van der Waals surface area (Å²) in [5.74, 6) is -8.90. The molecule has 1 amide bonds. The molecule has 9 N–H and O–H groups in total. The third-order valence-corrected chi connectivity index (χ3v) is 6.98. The molecule has 0 heterocycles. The van der Waals surface area contributed by atoms with Crippen LogP contribution in [-0.4, -0.2) is 60.8 Å². The smallest absolute Gasteiger partial charge is 0.255 e. The van der Waals surface area contributed by atoms with E-state index in [1.54, 1.807) is 6.92 Å². The first-order chi connectivity index (χ1) is 13.9. The van der Waals surface area contributed by atoms with Gasteiger partial charge in [-0.3, -0.25) is 14.4 Å². The van der Waals surface area contributed by atoms with Crippen LogP contribution < -0.4 is 11.5 Å². The molecule has 0 spiro atoms. The number of aliphatic hydroxyl groups is 4. The molecule has 0 aromatic heterocycles. The van der Waals surface area contributed by atoms with Crippen molar-refractivity contribution in [3.8, 4) is 5.75 Å². The number of phenolic OH excluding ortho intramolecular Hbond substituents is 1. The maximum absolute atomic E-state index is 13.3. The fourth-order valence-electron chi connectivity index (χ4n) is 5.49. The van der Waals surface area contributed by atoms with Crippen molar-refractivity contribution in [1.29, 1.82) is 0 Å². The lowest BCUT2D eigenvalue weighted by atomic mass is 9.51. The number of hydrogen-bond acceptors (Lipinski definition) is 9. The minimum Gasteiger partial charge on any atom is -0.508 e. The summed E-state index contributed by atoms with van der Waals surface area (Å²) in [6.07, 6.45) is -4.03. The fraction of sp³-hybridized carbons (Fsp3) is 0.450. The lowest BCUT2D eigenvalue weighted by Gasteiger charge is -2.56. The number of carbonyl (C=O) groups excluding carboxylic acids is 3. The predicted octanol–water partition coefficient (Wildman–Crippen LogP) is -1.14. The number of ketones is 2. The summed E-state index contributed by atoms with van der Waals surface area (Å²) in [6, 6.07) is 2.95. The number of benzene rings is 1. The summed E-state index contributed by atoms with van der Waals surface area (Å²) in [4.78, 5) is 37.3. The molecular weight excluding hydrogens is 396 g/mol. The molecule has 1 aromatic rings. The maximum Gasteiger partial charge on any atom is 0.255 e. The first-order valence-electron chi connectivity index (χ1n) is 9.45. The number of hydrogen-bond donors (Lipinski definition) is 7. The second-order valence-corrected chi connectivity index (χ2v) is 8.31. The van der Waals surface area contributed by atoms with Crippen LogP contribution >= 0.6 is 0 Å². The highest BCUT2D eigenvalue weighted by Gasteiger charge is 2.67. The van der Waals surface area contributed by atoms with Crippen LogP contribution in [0.1, 0.15) is 35.2 Å². The van der Waals surface area contributed by atoms with Crippen molar-refractivity contribution in [3.63, 3.8) is 0 Å². The average Bonchev–Trinajstić information content (AvgIpc) is 2.67. The number of carbonyl (C=O) groups is 3. The van der Waals surface area contributed by atoms with E-state index in [2.05, 4.69) is 0 Å². The standard InChI is InChI=1S/C20H22N2O8/c1-5-6-2-3-8(21)15(25)11(6)16(26)13-10(5)14(24)7-4-9(23)12(19(22)29)17(27)20(7,30)18(13)28/h2-3,5,7,10,13-14,18,24-25,27-28,30H,4,21H2,1H3,(H2,22,29)/t5-,7?,10?,13?,14+,18+,20?/m0/s1. The molecule has 7 atom stereocenters. The molecule has 1 fully saturated rings. The monoisotopic (exact) mass is 418 g/mol. The van der Waals surface area contributed by atoms with Crippen molar-refractivity contribution in [3.05, 3.63) is 34.6 Å². The van der Waals surface area contributed by atoms with Gasteiger partial charge in [0, 0.05) is 18.3 Å². The summed E-state index contributed by atoms with van der Waals surface area (Å²) in [7, 11) is 0. The van der Waals surface area contributed by atoms with Crippen LogP contribution in [0.5, 0.6) is 5.75 Å². The van der Waals surface area contributed by atoms with E-state index in [1.807, 2.05) is 0 Å². The second-order valence-electron chi connectivity index (χ2n) is 8.31. The zero-order valence-electron chi connectivity index (χ0n) is 15.9. The van der Waals surface area contributed by atoms with Crippen LogP contribution in [0, 0.1) is 17.8 Å². The van der Waals surface area contributed by atoms with Crippen molar-refractivity contribution >= 4 is 23.2 Å². The van der Waals surface area contributed by atoms with Gasteiger partial charge in [0.15, 0.2) is 17.2 Å². The van der Waals surface area contributed by atoms with E-state index >= 15 is 0 Å². The third-order valence-electron chi connectivity index (χ3n) is 6.98. The van der Waals surface area contributed by atoms with Crippen molar-refractivity contribution in [1.82, 2.24) is 0 Å². The van der Waals surface area contributed by atoms with Gasteiger partial charge in [-0.05, 0) is 17.5 Å². The minimum atomic E-state index is -2.65. The molecule has 160 valence electrons. The van der Waals surface area contributed by atoms with E-state index in [9.17, 15) is 39.9 Å². The SMILES string of the molecule is C[C@H]1c2ccc(N)c(O)c2C(=O)C2C1[C@H](O)C1CC(=O)C(C(N)=O)=C(O)C1(O)[C@@H]2O. The molecule has 0 aliphatic heterocycles. The topological polar surface area (TPSA) is 204 Å². The van der Waals surface area contributed by atoms with Crippen molar-refractivity contribution < 1.29 is 39.9 Å². The van der Waals surface area contributed by atoms with Crippen LogP contribution in [0.3, 0.4) is 0 Å². The Bertz CT molecular complexity index is 1030. The van der Waals surface area contributed by atoms with E-state index in [-0.39, 0.29) is 11.3 Å². The molecule has 3 aliphatic rings. The van der Waals surface area contributed by atoms with Gasteiger partial charge in [-0.15, -0.1) is 0 Å². The number of aliphatic hydroxyl groups excluding tert-OH is 3. The molecule has 10 nitrogen and oxygen atoms in total. The quantitative estimate of drug-likeness (QED) is 0.167. The van der Waals surface area contributed by atoms with E-state index in [1.165, 1.54) is 12.1 Å². The Kier molecular flexibility index (Phi) is 4.25. The molecule has 3 aliphatic carbocycles. The number of anilines is 1. The van der Waals surface area contributed by atoms with E-state index in [0.717, 1.165) is 0 Å². The van der Waals surface area contributed by atoms with E-state index in [4.69, 9.17) is 11.5 Å². The number of fused-ring (bicyclic) bond motifs is 3. The number of primary amides is 1. The predicted molar refractivity (Wildman–Crippen MR) is 101 cm³/mol. The fourth-order valence-corrected chi connectivity index (χ4v) is 5.49. The first-order valence-corrected chi connectivity index (χ1v) is 9.45. The number of nitrogen functional groups attached to an aromatic ring is 1. The van der Waals surface area contributed by atoms with Crippen molar-refractivity contribution in [2.75, 3.05) is 5.73 Å². The van der Waals surface area contributed by atoms with E-state index in [0.29, 0.717) is 5.56 Å². The van der Waals surface area contributed by atoms with Crippen LogP contribution in [0.2, 0.25) is 0 Å². The van der Waals surface area contributed by atoms with Crippen molar-refractivity contribution in [2.24, 2.45) is 23.5 Å². The maximum atomic E-state index is 13.3. The molecule has 4 unspecified atom stereocenters. The van der Waals surface area contributed by atoms with Crippen molar-refractivity contribution in [2.45, 2.75) is 37.1 Å². The zero-order chi connectivity index (χ0) is 22.3. The Balaban J connectivity index is 1.94.